The molecule has 5 aliphatic rings. The Labute approximate surface area is 123 Å². The van der Waals surface area contributed by atoms with Crippen LogP contribution in [0.5, 0.6) is 0 Å². The molecule has 0 aromatic rings. The fraction of sp³-hybridized carbons (Fsp3) is 0.889. The fourth-order valence-corrected chi connectivity index (χ4v) is 5.78. The van der Waals surface area contributed by atoms with Gasteiger partial charge in [-0.2, -0.15) is 0 Å². The van der Waals surface area contributed by atoms with Crippen LogP contribution in [0, 0.1) is 29.6 Å². The van der Waals surface area contributed by atoms with Crippen LogP contribution < -0.4 is 5.73 Å². The second-order valence-electron chi connectivity index (χ2n) is 8.07. The quantitative estimate of drug-likeness (QED) is 0.802. The first-order chi connectivity index (χ1) is 9.78. The van der Waals surface area contributed by atoms with Gasteiger partial charge < -0.3 is 5.73 Å². The van der Waals surface area contributed by atoms with Gasteiger partial charge >= 0.3 is 0 Å². The summed E-state index contributed by atoms with van der Waals surface area (Å²) in [6.45, 7) is 3.57. The average molecular weight is 274 g/mol. The number of piperidine rings is 1. The molecule has 2 heteroatoms. The largest absolute Gasteiger partial charge is 0.328 e. The second-order valence-corrected chi connectivity index (χ2v) is 8.07. The van der Waals surface area contributed by atoms with Crippen molar-refractivity contribution in [3.63, 3.8) is 0 Å². The van der Waals surface area contributed by atoms with Crippen molar-refractivity contribution < 1.29 is 0 Å². The molecule has 4 aliphatic carbocycles. The molecule has 1 heterocycles. The van der Waals surface area contributed by atoms with E-state index in [0.717, 1.165) is 36.1 Å². The summed E-state index contributed by atoms with van der Waals surface area (Å²) in [5.74, 6) is 5.21. The maximum Gasteiger partial charge on any atom is 0.0163 e. The Kier molecular flexibility index (Phi) is 3.64. The molecule has 4 bridgehead atoms. The Balaban J connectivity index is 1.32. The number of rotatable bonds is 3. The lowest BCUT2D eigenvalue weighted by Gasteiger charge is -2.53. The van der Waals surface area contributed by atoms with Crippen LogP contribution in [0.1, 0.15) is 44.9 Å². The van der Waals surface area contributed by atoms with Crippen LogP contribution in [0.3, 0.4) is 0 Å². The lowest BCUT2D eigenvalue weighted by molar-refractivity contribution is -0.0163. The van der Waals surface area contributed by atoms with E-state index in [4.69, 9.17) is 5.73 Å². The van der Waals surface area contributed by atoms with Crippen LogP contribution in [0.15, 0.2) is 12.2 Å². The third-order valence-electron chi connectivity index (χ3n) is 6.65. The molecule has 5 rings (SSSR count). The van der Waals surface area contributed by atoms with Crippen LogP contribution in [-0.4, -0.2) is 30.6 Å². The SMILES string of the molecule is NC1CCN(C/C=C/C2C3CC4CC(C3)CC2C4)CC1. The molecular formula is C18H30N2. The van der Waals surface area contributed by atoms with E-state index in [1.807, 2.05) is 0 Å². The molecule has 20 heavy (non-hydrogen) atoms. The summed E-state index contributed by atoms with van der Waals surface area (Å²) in [5.41, 5.74) is 5.98. The molecule has 0 atom stereocenters. The molecule has 0 aromatic carbocycles. The maximum atomic E-state index is 5.98. The summed E-state index contributed by atoms with van der Waals surface area (Å²) < 4.78 is 0. The standard InChI is InChI=1S/C18H30N2/c19-17-3-6-20(7-4-17)5-1-2-18-15-9-13-8-14(11-15)12-16(18)10-13/h1-2,13-18H,3-12,19H2/b2-1+. The van der Waals surface area contributed by atoms with Gasteiger partial charge in [0.1, 0.15) is 0 Å². The summed E-state index contributed by atoms with van der Waals surface area (Å²) in [5, 5.41) is 0. The molecular weight excluding hydrogens is 244 g/mol. The number of likely N-dealkylation sites (tertiary alicyclic amines) is 1. The van der Waals surface area contributed by atoms with Crippen molar-refractivity contribution in [1.29, 1.82) is 0 Å². The minimum Gasteiger partial charge on any atom is -0.328 e. The smallest absolute Gasteiger partial charge is 0.0163 e. The van der Waals surface area contributed by atoms with Gasteiger partial charge in [-0.1, -0.05) is 12.2 Å². The molecule has 112 valence electrons. The predicted octanol–water partition coefficient (Wildman–Crippen LogP) is 3.04. The van der Waals surface area contributed by atoms with Crippen molar-refractivity contribution in [1.82, 2.24) is 4.90 Å². The van der Waals surface area contributed by atoms with Crippen LogP contribution >= 0.6 is 0 Å². The molecule has 0 unspecified atom stereocenters. The Morgan fingerprint density at radius 2 is 1.50 bits per heavy atom. The van der Waals surface area contributed by atoms with Gasteiger partial charge in [-0.15, -0.1) is 0 Å². The third kappa shape index (κ3) is 2.57. The Hall–Kier alpha value is -0.340. The maximum absolute atomic E-state index is 5.98. The highest BCUT2D eigenvalue weighted by atomic mass is 15.1. The first-order valence-electron chi connectivity index (χ1n) is 8.92. The number of hydrogen-bond acceptors (Lipinski definition) is 2. The first-order valence-corrected chi connectivity index (χ1v) is 8.92. The molecule has 1 saturated heterocycles. The van der Waals surface area contributed by atoms with Gasteiger partial charge in [0.15, 0.2) is 0 Å². The third-order valence-corrected chi connectivity index (χ3v) is 6.65. The van der Waals surface area contributed by atoms with Gasteiger partial charge in [-0.25, -0.2) is 0 Å². The lowest BCUT2D eigenvalue weighted by Crippen LogP contribution is -2.44. The highest BCUT2D eigenvalue weighted by molar-refractivity contribution is 5.06. The van der Waals surface area contributed by atoms with Crippen LogP contribution in [0.25, 0.3) is 0 Å². The van der Waals surface area contributed by atoms with E-state index in [9.17, 15) is 0 Å². The van der Waals surface area contributed by atoms with Gasteiger partial charge in [0.2, 0.25) is 0 Å². The van der Waals surface area contributed by atoms with Crippen LogP contribution in [0.2, 0.25) is 0 Å². The number of nitrogens with two attached hydrogens (primary N) is 1. The van der Waals surface area contributed by atoms with Crippen LogP contribution in [-0.2, 0) is 0 Å². The number of allylic oxidation sites excluding steroid dienone is 1. The van der Waals surface area contributed by atoms with E-state index in [-0.39, 0.29) is 0 Å². The minimum atomic E-state index is 0.458. The molecule has 4 saturated carbocycles. The fourth-order valence-electron chi connectivity index (χ4n) is 5.78. The van der Waals surface area contributed by atoms with Crippen molar-refractivity contribution in [2.45, 2.75) is 51.0 Å². The highest BCUT2D eigenvalue weighted by Crippen LogP contribution is 2.56. The van der Waals surface area contributed by atoms with Crippen LogP contribution in [0.4, 0.5) is 0 Å². The molecule has 0 radical (unpaired) electrons. The van der Waals surface area contributed by atoms with Crippen molar-refractivity contribution in [3.05, 3.63) is 12.2 Å². The van der Waals surface area contributed by atoms with E-state index in [1.165, 1.54) is 25.9 Å². The highest BCUT2D eigenvalue weighted by Gasteiger charge is 2.46. The van der Waals surface area contributed by atoms with E-state index >= 15 is 0 Å². The number of hydrogen-bond donors (Lipinski definition) is 1. The van der Waals surface area contributed by atoms with E-state index < -0.39 is 0 Å². The topological polar surface area (TPSA) is 29.3 Å². The van der Waals surface area contributed by atoms with Gasteiger partial charge in [0, 0.05) is 12.6 Å². The molecule has 5 fully saturated rings. The average Bonchev–Trinajstić information content (AvgIpc) is 2.43. The van der Waals surface area contributed by atoms with Crippen molar-refractivity contribution in [2.24, 2.45) is 35.3 Å². The van der Waals surface area contributed by atoms with E-state index in [1.54, 1.807) is 32.1 Å². The summed E-state index contributed by atoms with van der Waals surface area (Å²) in [4.78, 5) is 2.58. The summed E-state index contributed by atoms with van der Waals surface area (Å²) >= 11 is 0. The predicted molar refractivity (Wildman–Crippen MR) is 83.3 cm³/mol. The minimum absolute atomic E-state index is 0.458. The van der Waals surface area contributed by atoms with Gasteiger partial charge in [0.05, 0.1) is 0 Å². The zero-order valence-electron chi connectivity index (χ0n) is 12.7. The van der Waals surface area contributed by atoms with Gasteiger partial charge in [0.25, 0.3) is 0 Å². The molecule has 0 amide bonds. The Bertz CT molecular complexity index is 340. The van der Waals surface area contributed by atoms with Crippen molar-refractivity contribution in [2.75, 3.05) is 19.6 Å². The molecule has 1 aliphatic heterocycles. The zero-order chi connectivity index (χ0) is 13.5. The Morgan fingerprint density at radius 1 is 0.900 bits per heavy atom. The van der Waals surface area contributed by atoms with Gasteiger partial charge in [-0.3, -0.25) is 4.90 Å². The normalized spacial score (nSPS) is 45.5. The zero-order valence-corrected chi connectivity index (χ0v) is 12.7. The monoisotopic (exact) mass is 274 g/mol. The Morgan fingerprint density at radius 3 is 2.10 bits per heavy atom. The first kappa shape index (κ1) is 13.3. The number of nitrogens with zero attached hydrogens (tertiary/aromatic N) is 1. The van der Waals surface area contributed by atoms with E-state index in [0.29, 0.717) is 6.04 Å². The van der Waals surface area contributed by atoms with Gasteiger partial charge in [-0.05, 0) is 87.6 Å². The summed E-state index contributed by atoms with van der Waals surface area (Å²) in [6.07, 6.45) is 15.2. The molecule has 2 nitrogen and oxygen atoms in total. The van der Waals surface area contributed by atoms with Crippen molar-refractivity contribution in [3.8, 4) is 0 Å². The van der Waals surface area contributed by atoms with E-state index in [2.05, 4.69) is 17.1 Å². The molecule has 2 N–H and O–H groups in total. The summed E-state index contributed by atoms with van der Waals surface area (Å²) in [6, 6.07) is 0.458. The molecule has 0 spiro atoms. The van der Waals surface area contributed by atoms with Crippen molar-refractivity contribution >= 4 is 0 Å². The second kappa shape index (κ2) is 5.46. The summed E-state index contributed by atoms with van der Waals surface area (Å²) in [7, 11) is 0. The lowest BCUT2D eigenvalue weighted by atomic mass is 9.52. The molecule has 0 aromatic heterocycles.